The number of rotatable bonds is 15. The number of aliphatic hydroxyl groups excluding tert-OH is 1. The molecule has 4 aromatic carbocycles. The number of benzene rings is 4. The fourth-order valence-electron chi connectivity index (χ4n) is 4.83. The summed E-state index contributed by atoms with van der Waals surface area (Å²) in [5.74, 6) is 2.49. The molecule has 38 heavy (non-hydrogen) atoms. The van der Waals surface area contributed by atoms with Gasteiger partial charge in [0.15, 0.2) is 0 Å². The molecule has 0 fully saturated rings. The Morgan fingerprint density at radius 3 is 2.16 bits per heavy atom. The molecule has 0 bridgehead atoms. The molecule has 0 aliphatic rings. The average molecular weight is 514 g/mol. The highest BCUT2D eigenvalue weighted by Crippen LogP contribution is 2.30. The first-order chi connectivity index (χ1) is 18.7. The van der Waals surface area contributed by atoms with E-state index in [9.17, 15) is 5.11 Å². The van der Waals surface area contributed by atoms with Gasteiger partial charge < -0.3 is 19.3 Å². The van der Waals surface area contributed by atoms with E-state index in [0.717, 1.165) is 54.1 Å². The molecular formula is C33H39NO4. The van der Waals surface area contributed by atoms with Gasteiger partial charge in [-0.15, -0.1) is 0 Å². The summed E-state index contributed by atoms with van der Waals surface area (Å²) in [7, 11) is 3.34. The standard InChI is InChI=1S/C33H39NO4/c1-36-32-13-9-14-33(37-2)31(32)25-34(19-20-35)24-27-15-16-29-23-30(18-17-28(29)22-27)38-21-8-4-7-12-26-10-5-3-6-11-26/h3,5-6,9-11,13-18,22-23,35H,4,7-8,12,19-21,24-25H2,1-2H3. The number of nitrogens with zero attached hydrogens (tertiary/aromatic N) is 1. The van der Waals surface area contributed by atoms with Crippen molar-refractivity contribution in [3.05, 3.63) is 102 Å². The van der Waals surface area contributed by atoms with Crippen molar-refractivity contribution in [1.82, 2.24) is 4.90 Å². The maximum absolute atomic E-state index is 9.70. The van der Waals surface area contributed by atoms with E-state index in [1.54, 1.807) is 14.2 Å². The highest BCUT2D eigenvalue weighted by atomic mass is 16.5. The zero-order chi connectivity index (χ0) is 26.6. The summed E-state index contributed by atoms with van der Waals surface area (Å²) in [5.41, 5.74) is 3.57. The molecule has 5 heteroatoms. The van der Waals surface area contributed by atoms with E-state index in [4.69, 9.17) is 14.2 Å². The Morgan fingerprint density at radius 2 is 1.42 bits per heavy atom. The molecule has 0 amide bonds. The molecule has 5 nitrogen and oxygen atoms in total. The molecule has 0 aliphatic heterocycles. The first-order valence-corrected chi connectivity index (χ1v) is 13.4. The molecule has 0 heterocycles. The van der Waals surface area contributed by atoms with Gasteiger partial charge in [0.05, 0.1) is 33.0 Å². The van der Waals surface area contributed by atoms with Crippen molar-refractivity contribution in [2.75, 3.05) is 34.0 Å². The van der Waals surface area contributed by atoms with E-state index in [1.165, 1.54) is 22.9 Å². The topological polar surface area (TPSA) is 51.2 Å². The number of ether oxygens (including phenoxy) is 3. The van der Waals surface area contributed by atoms with Gasteiger partial charge in [-0.3, -0.25) is 4.90 Å². The number of aryl methyl sites for hydroxylation is 1. The molecule has 0 saturated heterocycles. The van der Waals surface area contributed by atoms with Crippen LogP contribution in [0.25, 0.3) is 10.8 Å². The highest BCUT2D eigenvalue weighted by molar-refractivity contribution is 5.84. The van der Waals surface area contributed by atoms with Crippen LogP contribution in [0.2, 0.25) is 0 Å². The Balaban J connectivity index is 1.32. The van der Waals surface area contributed by atoms with Crippen molar-refractivity contribution in [1.29, 1.82) is 0 Å². The Morgan fingerprint density at radius 1 is 0.684 bits per heavy atom. The monoisotopic (exact) mass is 513 g/mol. The fraction of sp³-hybridized carbons (Fsp3) is 0.333. The van der Waals surface area contributed by atoms with Gasteiger partial charge in [0, 0.05) is 19.6 Å². The zero-order valence-electron chi connectivity index (χ0n) is 22.6. The van der Waals surface area contributed by atoms with E-state index in [-0.39, 0.29) is 6.61 Å². The molecule has 1 N–H and O–H groups in total. The summed E-state index contributed by atoms with van der Waals surface area (Å²) >= 11 is 0. The molecule has 0 radical (unpaired) electrons. The van der Waals surface area contributed by atoms with Gasteiger partial charge in [0.25, 0.3) is 0 Å². The molecule has 0 spiro atoms. The largest absolute Gasteiger partial charge is 0.496 e. The Hall–Kier alpha value is -3.54. The minimum atomic E-state index is 0.0813. The van der Waals surface area contributed by atoms with Crippen LogP contribution in [-0.4, -0.2) is 44.0 Å². The Kier molecular flexibility index (Phi) is 10.4. The summed E-state index contributed by atoms with van der Waals surface area (Å²) in [6.45, 7) is 2.69. The van der Waals surface area contributed by atoms with E-state index >= 15 is 0 Å². The number of fused-ring (bicyclic) bond motifs is 1. The van der Waals surface area contributed by atoms with E-state index in [2.05, 4.69) is 71.6 Å². The average Bonchev–Trinajstić information content (AvgIpc) is 2.95. The van der Waals surface area contributed by atoms with Gasteiger partial charge in [-0.2, -0.15) is 0 Å². The summed E-state index contributed by atoms with van der Waals surface area (Å²) in [6.07, 6.45) is 4.53. The van der Waals surface area contributed by atoms with Crippen LogP contribution in [0.1, 0.15) is 36.0 Å². The second kappa shape index (κ2) is 14.4. The zero-order valence-corrected chi connectivity index (χ0v) is 22.6. The van der Waals surface area contributed by atoms with Crippen LogP contribution in [0, 0.1) is 0 Å². The van der Waals surface area contributed by atoms with Gasteiger partial charge in [-0.05, 0) is 77.9 Å². The van der Waals surface area contributed by atoms with Crippen LogP contribution < -0.4 is 14.2 Å². The number of aliphatic hydroxyl groups is 1. The summed E-state index contributed by atoms with van der Waals surface area (Å²) in [5, 5.41) is 12.0. The third kappa shape index (κ3) is 7.73. The second-order valence-electron chi connectivity index (χ2n) is 9.56. The normalized spacial score (nSPS) is 11.2. The molecule has 0 aliphatic carbocycles. The quantitative estimate of drug-likeness (QED) is 0.181. The number of hydrogen-bond acceptors (Lipinski definition) is 5. The van der Waals surface area contributed by atoms with E-state index in [1.807, 2.05) is 18.2 Å². The Labute approximate surface area is 226 Å². The van der Waals surface area contributed by atoms with Gasteiger partial charge >= 0.3 is 0 Å². The number of hydrogen-bond donors (Lipinski definition) is 1. The van der Waals surface area contributed by atoms with Crippen LogP contribution in [0.4, 0.5) is 0 Å². The van der Waals surface area contributed by atoms with Crippen molar-refractivity contribution in [2.24, 2.45) is 0 Å². The third-order valence-corrected chi connectivity index (χ3v) is 6.83. The van der Waals surface area contributed by atoms with Crippen LogP contribution in [0.3, 0.4) is 0 Å². The minimum absolute atomic E-state index is 0.0813. The van der Waals surface area contributed by atoms with Gasteiger partial charge in [-0.1, -0.05) is 54.6 Å². The smallest absolute Gasteiger partial charge is 0.127 e. The Bertz CT molecular complexity index is 1250. The van der Waals surface area contributed by atoms with Crippen molar-refractivity contribution in [2.45, 2.75) is 38.8 Å². The molecule has 0 aromatic heterocycles. The van der Waals surface area contributed by atoms with Crippen molar-refractivity contribution < 1.29 is 19.3 Å². The second-order valence-corrected chi connectivity index (χ2v) is 9.56. The molecular weight excluding hydrogens is 474 g/mol. The van der Waals surface area contributed by atoms with Gasteiger partial charge in [0.2, 0.25) is 0 Å². The van der Waals surface area contributed by atoms with Crippen molar-refractivity contribution >= 4 is 10.8 Å². The van der Waals surface area contributed by atoms with Crippen molar-refractivity contribution in [3.63, 3.8) is 0 Å². The lowest BCUT2D eigenvalue weighted by Gasteiger charge is -2.24. The first-order valence-electron chi connectivity index (χ1n) is 13.4. The third-order valence-electron chi connectivity index (χ3n) is 6.83. The lowest BCUT2D eigenvalue weighted by molar-refractivity contribution is 0.181. The maximum Gasteiger partial charge on any atom is 0.127 e. The summed E-state index contributed by atoms with van der Waals surface area (Å²) in [6, 6.07) is 29.3. The molecule has 200 valence electrons. The molecule has 4 aromatic rings. The van der Waals surface area contributed by atoms with Gasteiger partial charge in [-0.25, -0.2) is 0 Å². The maximum atomic E-state index is 9.70. The van der Waals surface area contributed by atoms with Crippen LogP contribution >= 0.6 is 0 Å². The van der Waals surface area contributed by atoms with Crippen molar-refractivity contribution in [3.8, 4) is 17.2 Å². The number of methoxy groups -OCH3 is 2. The lowest BCUT2D eigenvalue weighted by Crippen LogP contribution is -2.26. The predicted octanol–water partition coefficient (Wildman–Crippen LogP) is 6.64. The molecule has 0 saturated carbocycles. The fourth-order valence-corrected chi connectivity index (χ4v) is 4.83. The lowest BCUT2D eigenvalue weighted by atomic mass is 10.1. The van der Waals surface area contributed by atoms with E-state index < -0.39 is 0 Å². The van der Waals surface area contributed by atoms with Crippen LogP contribution in [-0.2, 0) is 19.5 Å². The molecule has 4 rings (SSSR count). The summed E-state index contributed by atoms with van der Waals surface area (Å²) < 4.78 is 17.2. The van der Waals surface area contributed by atoms with Crippen LogP contribution in [0.5, 0.6) is 17.2 Å². The van der Waals surface area contributed by atoms with Crippen LogP contribution in [0.15, 0.2) is 84.9 Å². The minimum Gasteiger partial charge on any atom is -0.496 e. The molecule has 0 unspecified atom stereocenters. The predicted molar refractivity (Wildman–Crippen MR) is 154 cm³/mol. The van der Waals surface area contributed by atoms with Gasteiger partial charge in [0.1, 0.15) is 17.2 Å². The van der Waals surface area contributed by atoms with E-state index in [0.29, 0.717) is 19.6 Å². The summed E-state index contributed by atoms with van der Waals surface area (Å²) in [4.78, 5) is 2.21. The first kappa shape index (κ1) is 27.5. The SMILES string of the molecule is COc1cccc(OC)c1CN(CCO)Cc1ccc2cc(OCCCCCc3ccccc3)ccc2c1. The number of unbranched alkanes of at least 4 members (excludes halogenated alkanes) is 2. The highest BCUT2D eigenvalue weighted by Gasteiger charge is 2.15. The molecule has 0 atom stereocenters.